The molecule has 5 atom stereocenters. The summed E-state index contributed by atoms with van der Waals surface area (Å²) in [6.45, 7) is 5.34. The van der Waals surface area contributed by atoms with E-state index in [1.807, 2.05) is 43.3 Å². The third-order valence-electron chi connectivity index (χ3n) is 8.65. The van der Waals surface area contributed by atoms with E-state index in [9.17, 15) is 9.90 Å². The fourth-order valence-electron chi connectivity index (χ4n) is 6.52. The maximum atomic E-state index is 15.4. The lowest BCUT2D eigenvalue weighted by molar-refractivity contribution is -0.234. The van der Waals surface area contributed by atoms with Crippen LogP contribution >= 0.6 is 0 Å². The van der Waals surface area contributed by atoms with Gasteiger partial charge in [0, 0.05) is 30.0 Å². The summed E-state index contributed by atoms with van der Waals surface area (Å²) in [6.07, 6.45) is 5.55. The number of alkyl halides is 2. The van der Waals surface area contributed by atoms with E-state index in [1.54, 1.807) is 25.3 Å². The maximum Gasteiger partial charge on any atom is 0.315 e. The summed E-state index contributed by atoms with van der Waals surface area (Å²) in [7, 11) is 0. The van der Waals surface area contributed by atoms with Crippen molar-refractivity contribution in [1.82, 2.24) is 4.98 Å². The second kappa shape index (κ2) is 7.98. The largest absolute Gasteiger partial charge is 0.462 e. The van der Waals surface area contributed by atoms with Crippen LogP contribution in [0.4, 0.5) is 8.78 Å². The van der Waals surface area contributed by atoms with E-state index in [4.69, 9.17) is 4.74 Å². The number of hydrogen-bond acceptors (Lipinski definition) is 4. The molecule has 5 rings (SSSR count). The molecule has 180 valence electrons. The first kappa shape index (κ1) is 23.2. The number of cyclic esters (lactones) is 1. The molecule has 3 fully saturated rings. The topological polar surface area (TPSA) is 59.4 Å². The average molecular weight is 468 g/mol. The fourth-order valence-corrected chi connectivity index (χ4v) is 6.52. The molecule has 2 aromatic rings. The van der Waals surface area contributed by atoms with Crippen molar-refractivity contribution in [3.05, 3.63) is 59.9 Å². The predicted octanol–water partition coefficient (Wildman–Crippen LogP) is 5.82. The highest BCUT2D eigenvalue weighted by Gasteiger charge is 2.75. The van der Waals surface area contributed by atoms with Gasteiger partial charge in [-0.2, -0.15) is 0 Å². The van der Waals surface area contributed by atoms with Crippen molar-refractivity contribution in [3.8, 4) is 11.1 Å². The first-order valence-corrected chi connectivity index (χ1v) is 12.1. The van der Waals surface area contributed by atoms with E-state index in [-0.39, 0.29) is 0 Å². The molecule has 1 aromatic carbocycles. The molecule has 2 heterocycles. The SMILES string of the molecule is Cc1ccccc1-c1ccc(/C=C/[C@@H]2[C@@H]3[C@@H](C)OC(=O)[C@]3(C3(O)CCC3)CC(F)(F)[C@H]2C)nc1. The predicted molar refractivity (Wildman–Crippen MR) is 126 cm³/mol. The van der Waals surface area contributed by atoms with Gasteiger partial charge < -0.3 is 9.84 Å². The Morgan fingerprint density at radius 2 is 1.88 bits per heavy atom. The minimum atomic E-state index is -3.10. The van der Waals surface area contributed by atoms with Crippen molar-refractivity contribution in [2.45, 2.75) is 64.1 Å². The second-order valence-electron chi connectivity index (χ2n) is 10.4. The maximum absolute atomic E-state index is 15.4. The van der Waals surface area contributed by atoms with Gasteiger partial charge >= 0.3 is 5.97 Å². The molecule has 1 N–H and O–H groups in total. The molecule has 1 saturated heterocycles. The van der Waals surface area contributed by atoms with Gasteiger partial charge in [-0.05, 0) is 62.3 Å². The Bertz CT molecular complexity index is 1120. The van der Waals surface area contributed by atoms with Crippen LogP contribution in [0.25, 0.3) is 17.2 Å². The van der Waals surface area contributed by atoms with E-state index in [2.05, 4.69) is 4.98 Å². The molecule has 0 amide bonds. The van der Waals surface area contributed by atoms with Gasteiger partial charge in [0.2, 0.25) is 0 Å². The number of aryl methyl sites for hydroxylation is 1. The van der Waals surface area contributed by atoms with E-state index < -0.39 is 53.2 Å². The Morgan fingerprint density at radius 3 is 2.50 bits per heavy atom. The minimum absolute atomic E-state index is 0.355. The number of allylic oxidation sites excluding steroid dienone is 1. The van der Waals surface area contributed by atoms with Crippen LogP contribution in [-0.2, 0) is 9.53 Å². The molecule has 2 saturated carbocycles. The number of pyridine rings is 1. The van der Waals surface area contributed by atoms with E-state index in [0.717, 1.165) is 23.1 Å². The standard InChI is InChI=1S/C28H31F2NO3/c1-17-7-4-5-8-22(17)20-9-10-21(31-15-20)11-12-23-18(2)28(29,30)16-27(26(33)13-6-14-26)24(23)19(3)34-25(27)32/h4-5,7-12,15,18-19,23-24,33H,6,13-14,16H2,1-3H3/b12-11+/t18-,19+,23-,24-,27-/m0/s1. The van der Waals surface area contributed by atoms with Gasteiger partial charge in [-0.25, -0.2) is 8.78 Å². The molecule has 0 bridgehead atoms. The molecular weight excluding hydrogens is 436 g/mol. The van der Waals surface area contributed by atoms with Crippen LogP contribution in [0.3, 0.4) is 0 Å². The van der Waals surface area contributed by atoms with Crippen LogP contribution in [0.15, 0.2) is 48.7 Å². The normalized spacial score (nSPS) is 33.9. The van der Waals surface area contributed by atoms with Crippen LogP contribution in [-0.4, -0.2) is 33.7 Å². The summed E-state index contributed by atoms with van der Waals surface area (Å²) in [6, 6.07) is 11.9. The number of carbonyl (C=O) groups is 1. The van der Waals surface area contributed by atoms with Gasteiger partial charge in [-0.1, -0.05) is 43.3 Å². The van der Waals surface area contributed by atoms with Crippen molar-refractivity contribution >= 4 is 12.0 Å². The van der Waals surface area contributed by atoms with E-state index >= 15 is 8.78 Å². The number of nitrogens with zero attached hydrogens (tertiary/aromatic N) is 1. The quantitative estimate of drug-likeness (QED) is 0.576. The molecule has 1 aromatic heterocycles. The van der Waals surface area contributed by atoms with Crippen molar-refractivity contribution < 1.29 is 23.4 Å². The Labute approximate surface area is 199 Å². The second-order valence-corrected chi connectivity index (χ2v) is 10.4. The highest BCUT2D eigenvalue weighted by atomic mass is 19.3. The van der Waals surface area contributed by atoms with Gasteiger partial charge in [-0.3, -0.25) is 9.78 Å². The van der Waals surface area contributed by atoms with E-state index in [1.165, 1.54) is 6.92 Å². The summed E-state index contributed by atoms with van der Waals surface area (Å²) in [5.74, 6) is -5.90. The Kier molecular flexibility index (Phi) is 5.43. The molecule has 34 heavy (non-hydrogen) atoms. The number of aliphatic hydroxyl groups is 1. The third kappa shape index (κ3) is 3.33. The molecule has 0 radical (unpaired) electrons. The fraction of sp³-hybridized carbons (Fsp3) is 0.500. The lowest BCUT2D eigenvalue weighted by Crippen LogP contribution is -2.66. The summed E-state index contributed by atoms with van der Waals surface area (Å²) in [4.78, 5) is 17.6. The number of hydrogen-bond donors (Lipinski definition) is 1. The highest BCUT2D eigenvalue weighted by molar-refractivity contribution is 5.82. The smallest absolute Gasteiger partial charge is 0.315 e. The van der Waals surface area contributed by atoms with Crippen LogP contribution in [0.2, 0.25) is 0 Å². The molecule has 4 nitrogen and oxygen atoms in total. The van der Waals surface area contributed by atoms with E-state index in [0.29, 0.717) is 18.5 Å². The molecule has 3 aliphatic rings. The third-order valence-corrected chi connectivity index (χ3v) is 8.65. The number of fused-ring (bicyclic) bond motifs is 1. The zero-order valence-corrected chi connectivity index (χ0v) is 19.8. The number of rotatable bonds is 4. The first-order chi connectivity index (χ1) is 16.1. The molecule has 0 unspecified atom stereocenters. The molecular formula is C28H31F2NO3. The number of benzene rings is 1. The molecule has 1 aliphatic heterocycles. The summed E-state index contributed by atoms with van der Waals surface area (Å²) in [5, 5.41) is 11.3. The number of esters is 1. The van der Waals surface area contributed by atoms with Crippen LogP contribution in [0.5, 0.6) is 0 Å². The van der Waals surface area contributed by atoms with Crippen molar-refractivity contribution in [2.75, 3.05) is 0 Å². The van der Waals surface area contributed by atoms with Crippen molar-refractivity contribution in [1.29, 1.82) is 0 Å². The number of aromatic nitrogens is 1. The van der Waals surface area contributed by atoms with Crippen molar-refractivity contribution in [2.24, 2.45) is 23.2 Å². The van der Waals surface area contributed by atoms with Gasteiger partial charge in [0.05, 0.1) is 11.3 Å². The monoisotopic (exact) mass is 467 g/mol. The summed E-state index contributed by atoms with van der Waals surface area (Å²) < 4.78 is 36.3. The zero-order valence-electron chi connectivity index (χ0n) is 19.8. The molecule has 0 spiro atoms. The van der Waals surface area contributed by atoms with Crippen LogP contribution in [0, 0.1) is 30.1 Å². The van der Waals surface area contributed by atoms with Crippen LogP contribution in [0.1, 0.15) is 50.8 Å². The number of ether oxygens (including phenoxy) is 1. The molecule has 2 aliphatic carbocycles. The van der Waals surface area contributed by atoms with Crippen LogP contribution < -0.4 is 0 Å². The number of carbonyl (C=O) groups excluding carboxylic acids is 1. The van der Waals surface area contributed by atoms with Gasteiger partial charge in [0.15, 0.2) is 0 Å². The Balaban J connectivity index is 1.49. The Hall–Kier alpha value is -2.60. The lowest BCUT2D eigenvalue weighted by Gasteiger charge is -2.57. The molecule has 6 heteroatoms. The first-order valence-electron chi connectivity index (χ1n) is 12.1. The lowest BCUT2D eigenvalue weighted by atomic mass is 9.47. The van der Waals surface area contributed by atoms with Gasteiger partial charge in [0.1, 0.15) is 11.5 Å². The Morgan fingerprint density at radius 1 is 1.15 bits per heavy atom. The zero-order chi connectivity index (χ0) is 24.3. The summed E-state index contributed by atoms with van der Waals surface area (Å²) in [5.41, 5.74) is 0.892. The van der Waals surface area contributed by atoms with Crippen molar-refractivity contribution in [3.63, 3.8) is 0 Å². The van der Waals surface area contributed by atoms with Gasteiger partial charge in [-0.15, -0.1) is 0 Å². The summed E-state index contributed by atoms with van der Waals surface area (Å²) >= 11 is 0. The highest BCUT2D eigenvalue weighted by Crippen LogP contribution is 2.66. The minimum Gasteiger partial charge on any atom is -0.462 e. The average Bonchev–Trinajstić information content (AvgIpc) is 3.03. The number of halogens is 2. The van der Waals surface area contributed by atoms with Gasteiger partial charge in [0.25, 0.3) is 5.92 Å².